The number of amides is 1. The lowest BCUT2D eigenvalue weighted by molar-refractivity contribution is -0.127. The molecule has 25 heavy (non-hydrogen) atoms. The van der Waals surface area contributed by atoms with E-state index in [-0.39, 0.29) is 5.92 Å². The molecule has 5 heteroatoms. The van der Waals surface area contributed by atoms with Crippen molar-refractivity contribution in [3.63, 3.8) is 0 Å². The molecular weight excluding hydrogens is 314 g/mol. The lowest BCUT2D eigenvalue weighted by atomic mass is 9.96. The Hall–Kier alpha value is -2.43. The lowest BCUT2D eigenvalue weighted by Crippen LogP contribution is -2.43. The molecule has 1 aromatic heterocycles. The highest BCUT2D eigenvalue weighted by Gasteiger charge is 2.30. The molecule has 2 aromatic rings. The van der Waals surface area contributed by atoms with E-state index in [4.69, 9.17) is 0 Å². The van der Waals surface area contributed by atoms with Gasteiger partial charge in [0.05, 0.1) is 0 Å². The third kappa shape index (κ3) is 3.98. The van der Waals surface area contributed by atoms with Crippen molar-refractivity contribution in [2.75, 3.05) is 13.1 Å². The van der Waals surface area contributed by atoms with Gasteiger partial charge in [0.2, 0.25) is 5.78 Å². The Kier molecular flexibility index (Phi) is 5.64. The molecule has 0 N–H and O–H groups in total. The van der Waals surface area contributed by atoms with Crippen LogP contribution in [0.4, 0.5) is 0 Å². The number of hydrogen-bond donors (Lipinski definition) is 0. The molecule has 1 amide bonds. The summed E-state index contributed by atoms with van der Waals surface area (Å²) in [4.78, 5) is 31.3. The highest BCUT2D eigenvalue weighted by atomic mass is 16.2. The molecule has 0 radical (unpaired) electrons. The Labute approximate surface area is 148 Å². The Morgan fingerprint density at radius 1 is 1.24 bits per heavy atom. The molecule has 0 bridgehead atoms. The number of nitrogens with zero attached hydrogens (tertiary/aromatic N) is 3. The molecule has 1 fully saturated rings. The smallest absolute Gasteiger partial charge is 0.294 e. The molecule has 1 aliphatic heterocycles. The second-order valence-electron chi connectivity index (χ2n) is 6.62. The minimum absolute atomic E-state index is 0.202. The maximum absolute atomic E-state index is 12.6. The van der Waals surface area contributed by atoms with Crippen molar-refractivity contribution in [2.45, 2.75) is 45.1 Å². The average Bonchev–Trinajstić information content (AvgIpc) is 3.14. The van der Waals surface area contributed by atoms with E-state index in [1.807, 2.05) is 18.5 Å². The van der Waals surface area contributed by atoms with Crippen molar-refractivity contribution in [2.24, 2.45) is 0 Å². The number of benzene rings is 1. The number of piperidine rings is 1. The van der Waals surface area contributed by atoms with Crippen molar-refractivity contribution in [1.29, 1.82) is 0 Å². The van der Waals surface area contributed by atoms with Crippen LogP contribution in [0.15, 0.2) is 42.7 Å². The molecule has 132 valence electrons. The van der Waals surface area contributed by atoms with Gasteiger partial charge in [-0.15, -0.1) is 0 Å². The van der Waals surface area contributed by atoms with E-state index < -0.39 is 11.7 Å². The van der Waals surface area contributed by atoms with Gasteiger partial charge in [0.1, 0.15) is 5.82 Å². The van der Waals surface area contributed by atoms with Crippen molar-refractivity contribution in [3.05, 3.63) is 54.1 Å². The van der Waals surface area contributed by atoms with Crippen LogP contribution < -0.4 is 0 Å². The monoisotopic (exact) mass is 339 g/mol. The van der Waals surface area contributed by atoms with Crippen LogP contribution in [-0.4, -0.2) is 39.2 Å². The summed E-state index contributed by atoms with van der Waals surface area (Å²) in [7, 11) is 0. The first-order chi connectivity index (χ1) is 12.2. The average molecular weight is 339 g/mol. The number of ketones is 1. The molecule has 1 saturated heterocycles. The zero-order valence-electron chi connectivity index (χ0n) is 14.7. The van der Waals surface area contributed by atoms with Crippen molar-refractivity contribution < 1.29 is 9.59 Å². The van der Waals surface area contributed by atoms with Gasteiger partial charge in [-0.05, 0) is 19.3 Å². The summed E-state index contributed by atoms with van der Waals surface area (Å²) < 4.78 is 2.20. The summed E-state index contributed by atoms with van der Waals surface area (Å²) in [5, 5.41) is 0. The van der Waals surface area contributed by atoms with Crippen LogP contribution in [0.3, 0.4) is 0 Å². The molecule has 5 nitrogen and oxygen atoms in total. The highest BCUT2D eigenvalue weighted by Crippen LogP contribution is 2.26. The summed E-state index contributed by atoms with van der Waals surface area (Å²) in [6, 6.07) is 8.79. The van der Waals surface area contributed by atoms with Crippen molar-refractivity contribution in [3.8, 4) is 0 Å². The molecule has 0 saturated carbocycles. The first-order valence-electron chi connectivity index (χ1n) is 9.10. The van der Waals surface area contributed by atoms with E-state index in [9.17, 15) is 9.59 Å². The maximum Gasteiger partial charge on any atom is 0.294 e. The van der Waals surface area contributed by atoms with Crippen LogP contribution in [-0.2, 0) is 11.3 Å². The van der Waals surface area contributed by atoms with E-state index >= 15 is 0 Å². The third-order valence-electron chi connectivity index (χ3n) is 4.80. The van der Waals surface area contributed by atoms with Gasteiger partial charge in [-0.25, -0.2) is 4.98 Å². The van der Waals surface area contributed by atoms with Crippen molar-refractivity contribution in [1.82, 2.24) is 14.5 Å². The summed E-state index contributed by atoms with van der Waals surface area (Å²) >= 11 is 0. The normalized spacial score (nSPS) is 17.5. The largest absolute Gasteiger partial charge is 0.335 e. The first kappa shape index (κ1) is 17.4. The van der Waals surface area contributed by atoms with Gasteiger partial charge in [0.25, 0.3) is 5.91 Å². The molecule has 0 spiro atoms. The Morgan fingerprint density at radius 3 is 2.80 bits per heavy atom. The van der Waals surface area contributed by atoms with Gasteiger partial charge in [0.15, 0.2) is 0 Å². The zero-order valence-corrected chi connectivity index (χ0v) is 14.7. The van der Waals surface area contributed by atoms with Crippen LogP contribution in [0.2, 0.25) is 0 Å². The Bertz CT molecular complexity index is 724. The van der Waals surface area contributed by atoms with Gasteiger partial charge in [-0.2, -0.15) is 0 Å². The van der Waals surface area contributed by atoms with Gasteiger partial charge >= 0.3 is 0 Å². The molecule has 1 unspecified atom stereocenters. The van der Waals surface area contributed by atoms with Crippen LogP contribution in [0.25, 0.3) is 0 Å². The minimum Gasteiger partial charge on any atom is -0.335 e. The molecule has 1 aliphatic rings. The number of aryl methyl sites for hydroxylation is 1. The molecule has 0 aliphatic carbocycles. The quantitative estimate of drug-likeness (QED) is 0.599. The molecule has 2 heterocycles. The van der Waals surface area contributed by atoms with Crippen LogP contribution in [0.5, 0.6) is 0 Å². The second-order valence-corrected chi connectivity index (χ2v) is 6.62. The SMILES string of the molecule is CCCCn1ccnc1C1CCCN(C(=O)C(=O)c2ccccc2)C1. The predicted octanol–water partition coefficient (Wildman–Crippen LogP) is 3.27. The van der Waals surface area contributed by atoms with Gasteiger partial charge in [-0.3, -0.25) is 9.59 Å². The molecule has 1 aromatic carbocycles. The van der Waals surface area contributed by atoms with E-state index in [1.54, 1.807) is 29.2 Å². The van der Waals surface area contributed by atoms with Crippen molar-refractivity contribution >= 4 is 11.7 Å². The second kappa shape index (κ2) is 8.10. The first-order valence-corrected chi connectivity index (χ1v) is 9.10. The Balaban J connectivity index is 1.70. The van der Waals surface area contributed by atoms with Crippen LogP contribution in [0.1, 0.15) is 54.7 Å². The minimum atomic E-state index is -0.421. The number of unbranched alkanes of at least 4 members (excludes halogenated alkanes) is 1. The van der Waals surface area contributed by atoms with E-state index in [2.05, 4.69) is 16.5 Å². The summed E-state index contributed by atoms with van der Waals surface area (Å²) in [6.45, 7) is 4.34. The fraction of sp³-hybridized carbons (Fsp3) is 0.450. The van der Waals surface area contributed by atoms with Gasteiger partial charge < -0.3 is 9.47 Å². The topological polar surface area (TPSA) is 55.2 Å². The summed E-state index contributed by atoms with van der Waals surface area (Å²) in [6.07, 6.45) is 8.01. The number of carbonyl (C=O) groups is 2. The number of rotatable bonds is 6. The number of likely N-dealkylation sites (tertiary alicyclic amines) is 1. The molecule has 1 atom stereocenters. The molecule has 3 rings (SSSR count). The predicted molar refractivity (Wildman–Crippen MR) is 96.5 cm³/mol. The van der Waals surface area contributed by atoms with Gasteiger partial charge in [0, 0.05) is 43.5 Å². The number of carbonyl (C=O) groups excluding carboxylic acids is 2. The van der Waals surface area contributed by atoms with Crippen LogP contribution >= 0.6 is 0 Å². The standard InChI is InChI=1S/C20H25N3O2/c1-2-3-12-22-14-11-21-19(22)17-10-7-13-23(15-17)20(25)18(24)16-8-5-4-6-9-16/h4-6,8-9,11,14,17H,2-3,7,10,12-13,15H2,1H3. The van der Waals surface area contributed by atoms with Gasteiger partial charge in [-0.1, -0.05) is 43.7 Å². The lowest BCUT2D eigenvalue weighted by Gasteiger charge is -2.32. The fourth-order valence-electron chi connectivity index (χ4n) is 3.43. The summed E-state index contributed by atoms with van der Waals surface area (Å²) in [5.74, 6) is 0.421. The maximum atomic E-state index is 12.6. The Morgan fingerprint density at radius 2 is 2.04 bits per heavy atom. The third-order valence-corrected chi connectivity index (χ3v) is 4.80. The van der Waals surface area contributed by atoms with Crippen LogP contribution in [0, 0.1) is 0 Å². The number of aromatic nitrogens is 2. The van der Waals surface area contributed by atoms with E-state index in [0.717, 1.165) is 38.1 Å². The highest BCUT2D eigenvalue weighted by molar-refractivity contribution is 6.42. The summed E-state index contributed by atoms with van der Waals surface area (Å²) in [5.41, 5.74) is 0.457. The fourth-order valence-corrected chi connectivity index (χ4v) is 3.43. The number of Topliss-reactive ketones (excluding diaryl/α,β-unsaturated/α-hetero) is 1. The van der Waals surface area contributed by atoms with E-state index in [1.165, 1.54) is 0 Å². The number of imidazole rings is 1. The van der Waals surface area contributed by atoms with E-state index in [0.29, 0.717) is 18.7 Å². The molecular formula is C20H25N3O2. The zero-order chi connectivity index (χ0) is 17.6. The number of hydrogen-bond acceptors (Lipinski definition) is 3.